The number of hydrogen-bond donors (Lipinski definition) is 0. The van der Waals surface area contributed by atoms with Crippen molar-refractivity contribution >= 4 is 35.0 Å². The largest absolute Gasteiger partial charge is 0.380 e. The third-order valence-electron chi connectivity index (χ3n) is 7.97. The molecule has 7 rings (SSSR count). The summed E-state index contributed by atoms with van der Waals surface area (Å²) in [5.41, 5.74) is 2.68. The van der Waals surface area contributed by atoms with Crippen molar-refractivity contribution < 1.29 is 28.7 Å². The first-order chi connectivity index (χ1) is 17.5. The summed E-state index contributed by atoms with van der Waals surface area (Å²) >= 11 is 0. The summed E-state index contributed by atoms with van der Waals surface area (Å²) in [7, 11) is 3.17. The van der Waals surface area contributed by atoms with Gasteiger partial charge in [-0.15, -0.1) is 0 Å². The van der Waals surface area contributed by atoms with Crippen molar-refractivity contribution in [3.63, 3.8) is 0 Å². The first-order valence-corrected chi connectivity index (χ1v) is 12.1. The maximum absolute atomic E-state index is 13.7. The van der Waals surface area contributed by atoms with E-state index in [0.29, 0.717) is 24.6 Å². The topological polar surface area (TPSA) is 93.2 Å². The molecule has 2 saturated heterocycles. The maximum atomic E-state index is 13.7. The second kappa shape index (κ2) is 8.50. The molecular formula is C28H26N2O6. The molecule has 0 radical (unpaired) electrons. The number of allylic oxidation sites excluding steroid dienone is 2. The number of methoxy groups -OCH3 is 2. The smallest absolute Gasteiger partial charge is 0.238 e. The van der Waals surface area contributed by atoms with E-state index in [0.717, 1.165) is 11.1 Å². The predicted molar refractivity (Wildman–Crippen MR) is 129 cm³/mol. The van der Waals surface area contributed by atoms with E-state index in [1.54, 1.807) is 50.6 Å². The number of rotatable bonds is 6. The van der Waals surface area contributed by atoms with Gasteiger partial charge in [0.05, 0.1) is 48.3 Å². The Balaban J connectivity index is 1.35. The summed E-state index contributed by atoms with van der Waals surface area (Å²) in [4.78, 5) is 57.2. The Hall–Kier alpha value is -3.62. The Labute approximate surface area is 208 Å². The van der Waals surface area contributed by atoms with Crippen LogP contribution in [-0.4, -0.2) is 37.8 Å². The third-order valence-corrected chi connectivity index (χ3v) is 7.97. The van der Waals surface area contributed by atoms with Gasteiger partial charge in [0, 0.05) is 26.1 Å². The summed E-state index contributed by atoms with van der Waals surface area (Å²) in [5.74, 6) is -4.86. The number of carbonyl (C=O) groups excluding carboxylic acids is 4. The zero-order chi connectivity index (χ0) is 25.1. The number of ether oxygens (including phenoxy) is 2. The highest BCUT2D eigenvalue weighted by Gasteiger charge is 2.68. The van der Waals surface area contributed by atoms with E-state index >= 15 is 0 Å². The van der Waals surface area contributed by atoms with Crippen molar-refractivity contribution in [1.82, 2.24) is 0 Å². The Morgan fingerprint density at radius 1 is 0.611 bits per heavy atom. The number of amides is 4. The molecule has 2 aliphatic heterocycles. The molecule has 0 aromatic heterocycles. The molecular weight excluding hydrogens is 460 g/mol. The van der Waals surface area contributed by atoms with Gasteiger partial charge >= 0.3 is 0 Å². The van der Waals surface area contributed by atoms with Gasteiger partial charge in [0.15, 0.2) is 0 Å². The Kier molecular flexibility index (Phi) is 5.39. The summed E-state index contributed by atoms with van der Waals surface area (Å²) in [6, 6.07) is 14.3. The monoisotopic (exact) mass is 486 g/mol. The first kappa shape index (κ1) is 22.8. The molecule has 184 valence electrons. The van der Waals surface area contributed by atoms with Gasteiger partial charge in [0.25, 0.3) is 0 Å². The lowest BCUT2D eigenvalue weighted by Crippen LogP contribution is -2.50. The van der Waals surface area contributed by atoms with E-state index in [1.807, 2.05) is 24.3 Å². The van der Waals surface area contributed by atoms with Crippen molar-refractivity contribution in [3.8, 4) is 0 Å². The lowest BCUT2D eigenvalue weighted by Gasteiger charge is -2.44. The zero-order valence-electron chi connectivity index (χ0n) is 20.0. The van der Waals surface area contributed by atoms with E-state index < -0.39 is 35.5 Å². The summed E-state index contributed by atoms with van der Waals surface area (Å²) < 4.78 is 10.4. The molecule has 6 atom stereocenters. The minimum absolute atomic E-state index is 0.307. The zero-order valence-corrected chi connectivity index (χ0v) is 20.0. The molecule has 3 aliphatic carbocycles. The van der Waals surface area contributed by atoms with Crippen LogP contribution in [0.1, 0.15) is 11.1 Å². The fraction of sp³-hybridized carbons (Fsp3) is 0.357. The Morgan fingerprint density at radius 3 is 1.31 bits per heavy atom. The Morgan fingerprint density at radius 2 is 0.972 bits per heavy atom. The number of benzene rings is 2. The van der Waals surface area contributed by atoms with Gasteiger partial charge in [-0.05, 0) is 35.4 Å². The van der Waals surface area contributed by atoms with Crippen LogP contribution in [-0.2, 0) is 41.9 Å². The van der Waals surface area contributed by atoms with Crippen molar-refractivity contribution in [2.24, 2.45) is 35.5 Å². The van der Waals surface area contributed by atoms with Gasteiger partial charge in [-0.1, -0.05) is 36.4 Å². The van der Waals surface area contributed by atoms with E-state index in [4.69, 9.17) is 9.47 Å². The minimum Gasteiger partial charge on any atom is -0.380 e. The van der Waals surface area contributed by atoms with Gasteiger partial charge in [-0.25, -0.2) is 0 Å². The summed E-state index contributed by atoms with van der Waals surface area (Å²) in [6.45, 7) is 0.719. The Bertz CT molecular complexity index is 1180. The molecule has 2 aromatic carbocycles. The second-order valence-corrected chi connectivity index (χ2v) is 9.87. The van der Waals surface area contributed by atoms with Crippen LogP contribution < -0.4 is 9.80 Å². The van der Waals surface area contributed by atoms with Crippen molar-refractivity contribution in [2.75, 3.05) is 24.0 Å². The van der Waals surface area contributed by atoms with Crippen molar-refractivity contribution in [2.45, 2.75) is 13.2 Å². The molecule has 2 unspecified atom stereocenters. The molecule has 0 spiro atoms. The molecule has 36 heavy (non-hydrogen) atoms. The van der Waals surface area contributed by atoms with E-state index in [1.165, 1.54) is 9.80 Å². The fourth-order valence-electron chi connectivity index (χ4n) is 6.64. The van der Waals surface area contributed by atoms with E-state index in [-0.39, 0.29) is 23.6 Å². The molecule has 4 amide bonds. The van der Waals surface area contributed by atoms with Crippen LogP contribution in [0.4, 0.5) is 11.4 Å². The van der Waals surface area contributed by atoms with E-state index in [9.17, 15) is 19.2 Å². The average molecular weight is 487 g/mol. The van der Waals surface area contributed by atoms with Gasteiger partial charge in [0.1, 0.15) is 0 Å². The van der Waals surface area contributed by atoms with Gasteiger partial charge in [0.2, 0.25) is 23.6 Å². The van der Waals surface area contributed by atoms with Crippen LogP contribution in [0.5, 0.6) is 0 Å². The van der Waals surface area contributed by atoms with Crippen LogP contribution in [0.15, 0.2) is 60.7 Å². The van der Waals surface area contributed by atoms with Crippen molar-refractivity contribution in [3.05, 3.63) is 71.8 Å². The highest BCUT2D eigenvalue weighted by molar-refractivity contribution is 6.26. The SMILES string of the molecule is COCc1cccc(N2C(=O)[C@@H]3C4C=CC([C@H]3C2=O)[C@@H]2C(=O)N(c3cccc(COC)c3)C(=O)[C@H]42)c1. The molecule has 3 fully saturated rings. The molecule has 8 nitrogen and oxygen atoms in total. The predicted octanol–water partition coefficient (Wildman–Crippen LogP) is 2.71. The molecule has 2 heterocycles. The van der Waals surface area contributed by atoms with Crippen LogP contribution in [0.25, 0.3) is 0 Å². The summed E-state index contributed by atoms with van der Waals surface area (Å²) in [5, 5.41) is 0. The molecule has 8 heteroatoms. The number of imide groups is 2. The van der Waals surface area contributed by atoms with Crippen LogP contribution in [0.3, 0.4) is 0 Å². The van der Waals surface area contributed by atoms with Gasteiger partial charge in [-0.2, -0.15) is 0 Å². The number of anilines is 2. The van der Waals surface area contributed by atoms with E-state index in [2.05, 4.69) is 0 Å². The van der Waals surface area contributed by atoms with Gasteiger partial charge in [-0.3, -0.25) is 29.0 Å². The maximum Gasteiger partial charge on any atom is 0.238 e. The lowest BCUT2D eigenvalue weighted by molar-refractivity contribution is -0.137. The quantitative estimate of drug-likeness (QED) is 0.461. The normalized spacial score (nSPS) is 30.4. The molecule has 0 N–H and O–H groups in total. The standard InChI is InChI=1S/C28H26N2O6/c1-35-13-15-5-3-7-17(11-15)29-25(31)21-19-9-10-20(22(21)26(29)32)24-23(19)27(33)30(28(24)34)18-8-4-6-16(12-18)14-36-2/h3-12,19-24H,13-14H2,1-2H3/t19?,20?,21-,22-,23-,24+/m1/s1. The van der Waals surface area contributed by atoms with Crippen molar-refractivity contribution in [1.29, 1.82) is 0 Å². The van der Waals surface area contributed by atoms with Crippen LogP contribution in [0.2, 0.25) is 0 Å². The van der Waals surface area contributed by atoms with Gasteiger partial charge < -0.3 is 9.47 Å². The fourth-order valence-corrected chi connectivity index (χ4v) is 6.64. The van der Waals surface area contributed by atoms with Crippen LogP contribution in [0, 0.1) is 35.5 Å². The summed E-state index contributed by atoms with van der Waals surface area (Å²) in [6.07, 6.45) is 3.75. The van der Waals surface area contributed by atoms with Crippen LogP contribution >= 0.6 is 0 Å². The minimum atomic E-state index is -0.656. The third kappa shape index (κ3) is 3.14. The second-order valence-electron chi connectivity index (χ2n) is 9.87. The highest BCUT2D eigenvalue weighted by Crippen LogP contribution is 2.58. The number of nitrogens with zero attached hydrogens (tertiary/aromatic N) is 2. The lowest BCUT2D eigenvalue weighted by atomic mass is 9.54. The molecule has 2 bridgehead atoms. The highest BCUT2D eigenvalue weighted by atomic mass is 16.5. The molecule has 2 aromatic rings. The number of hydrogen-bond acceptors (Lipinski definition) is 6. The number of carbonyl (C=O) groups is 4. The average Bonchev–Trinajstić information content (AvgIpc) is 3.32. The first-order valence-electron chi connectivity index (χ1n) is 12.1. The molecule has 5 aliphatic rings. The molecule has 1 saturated carbocycles.